The number of ketones is 1. The lowest BCUT2D eigenvalue weighted by Crippen LogP contribution is -1.92. The minimum absolute atomic E-state index is 0.0632. The van der Waals surface area contributed by atoms with E-state index in [1.807, 2.05) is 0 Å². The van der Waals surface area contributed by atoms with Crippen LogP contribution in [0.25, 0.3) is 17.0 Å². The summed E-state index contributed by atoms with van der Waals surface area (Å²) in [4.78, 5) is 19.2. The molecular formula is C12H12FN3O3. The third-order valence-corrected chi connectivity index (χ3v) is 2.48. The van der Waals surface area contributed by atoms with Crippen LogP contribution in [0.2, 0.25) is 0 Å². The molecule has 0 spiro atoms. The number of carbonyl (C=O) groups excluding carboxylic acids is 1. The van der Waals surface area contributed by atoms with E-state index in [1.165, 1.54) is 18.3 Å². The second-order valence-electron chi connectivity index (χ2n) is 3.80. The highest BCUT2D eigenvalue weighted by Crippen LogP contribution is 2.19. The van der Waals surface area contributed by atoms with E-state index in [4.69, 9.17) is 10.1 Å². The predicted octanol–water partition coefficient (Wildman–Crippen LogP) is 2.84. The predicted molar refractivity (Wildman–Crippen MR) is 68.0 cm³/mol. The largest absolute Gasteiger partial charge is 0.379 e. The smallest absolute Gasteiger partial charge is 0.155 e. The molecule has 1 heterocycles. The van der Waals surface area contributed by atoms with Gasteiger partial charge in [-0.3, -0.25) is 9.89 Å². The lowest BCUT2D eigenvalue weighted by atomic mass is 10.1. The zero-order chi connectivity index (χ0) is 14.4. The first-order valence-electron chi connectivity index (χ1n) is 5.28. The SMILES string of the molecule is CC(=O)C(C)=Cc1cc2cn[nH]c2cc1F.O=NO. The van der Waals surface area contributed by atoms with Crippen molar-refractivity contribution in [2.75, 3.05) is 0 Å². The van der Waals surface area contributed by atoms with Gasteiger partial charge < -0.3 is 5.21 Å². The molecule has 0 unspecified atom stereocenters. The number of hydrogen-bond acceptors (Lipinski definition) is 4. The van der Waals surface area contributed by atoms with Gasteiger partial charge >= 0.3 is 0 Å². The van der Waals surface area contributed by atoms with Crippen molar-refractivity contribution >= 4 is 22.8 Å². The van der Waals surface area contributed by atoms with Gasteiger partial charge in [0.15, 0.2) is 11.1 Å². The van der Waals surface area contributed by atoms with E-state index >= 15 is 0 Å². The fourth-order valence-electron chi connectivity index (χ4n) is 1.43. The summed E-state index contributed by atoms with van der Waals surface area (Å²) in [5.41, 5.74) is 1.58. The average molecular weight is 265 g/mol. The molecule has 2 rings (SSSR count). The van der Waals surface area contributed by atoms with E-state index < -0.39 is 0 Å². The number of rotatable bonds is 2. The molecule has 0 saturated heterocycles. The zero-order valence-corrected chi connectivity index (χ0v) is 10.3. The van der Waals surface area contributed by atoms with Crippen LogP contribution in [0.3, 0.4) is 0 Å². The van der Waals surface area contributed by atoms with Crippen LogP contribution in [-0.2, 0) is 4.79 Å². The summed E-state index contributed by atoms with van der Waals surface area (Å²) in [6.07, 6.45) is 3.17. The quantitative estimate of drug-likeness (QED) is 0.495. The molecule has 2 aromatic rings. The maximum Gasteiger partial charge on any atom is 0.155 e. The number of nitrogens with zero attached hydrogens (tertiary/aromatic N) is 2. The van der Waals surface area contributed by atoms with Crippen molar-refractivity contribution in [2.24, 2.45) is 5.34 Å². The Morgan fingerprint density at radius 2 is 2.11 bits per heavy atom. The van der Waals surface area contributed by atoms with Gasteiger partial charge in [0.25, 0.3) is 0 Å². The maximum atomic E-state index is 13.6. The Balaban J connectivity index is 0.000000550. The van der Waals surface area contributed by atoms with Gasteiger partial charge in [0.05, 0.1) is 11.7 Å². The molecule has 1 aromatic heterocycles. The van der Waals surface area contributed by atoms with Crippen LogP contribution in [-0.4, -0.2) is 21.2 Å². The second-order valence-corrected chi connectivity index (χ2v) is 3.80. The fraction of sp³-hybridized carbons (Fsp3) is 0.167. The number of allylic oxidation sites excluding steroid dienone is 1. The highest BCUT2D eigenvalue weighted by molar-refractivity contribution is 5.97. The van der Waals surface area contributed by atoms with Crippen LogP contribution >= 0.6 is 0 Å². The molecule has 0 atom stereocenters. The molecule has 6 nitrogen and oxygen atoms in total. The van der Waals surface area contributed by atoms with Crippen molar-refractivity contribution in [3.05, 3.63) is 40.2 Å². The molecule has 1 aromatic carbocycles. The number of H-pyrrole nitrogens is 1. The van der Waals surface area contributed by atoms with Gasteiger partial charge in [0.2, 0.25) is 0 Å². The van der Waals surface area contributed by atoms with Gasteiger partial charge in [-0.1, -0.05) is 0 Å². The summed E-state index contributed by atoms with van der Waals surface area (Å²) in [5, 5.41) is 15.2. The molecule has 2 N–H and O–H groups in total. The number of aromatic nitrogens is 2. The number of carbonyl (C=O) groups is 1. The van der Waals surface area contributed by atoms with Crippen LogP contribution in [0.5, 0.6) is 0 Å². The van der Waals surface area contributed by atoms with Gasteiger partial charge in [-0.2, -0.15) is 5.10 Å². The molecule has 0 saturated carbocycles. The van der Waals surface area contributed by atoms with Gasteiger partial charge in [0.1, 0.15) is 5.82 Å². The van der Waals surface area contributed by atoms with Crippen molar-refractivity contribution < 1.29 is 14.4 Å². The summed E-state index contributed by atoms with van der Waals surface area (Å²) in [7, 11) is 0. The lowest BCUT2D eigenvalue weighted by Gasteiger charge is -1.99. The van der Waals surface area contributed by atoms with Crippen LogP contribution < -0.4 is 0 Å². The number of nitrogens with one attached hydrogen (secondary N) is 1. The number of Topliss-reactive ketones (excluding diaryl/α,β-unsaturated/α-hetero) is 1. The maximum absolute atomic E-state index is 13.6. The molecule has 0 amide bonds. The van der Waals surface area contributed by atoms with Crippen LogP contribution in [0.1, 0.15) is 19.4 Å². The van der Waals surface area contributed by atoms with E-state index in [0.29, 0.717) is 16.7 Å². The van der Waals surface area contributed by atoms with E-state index in [-0.39, 0.29) is 11.6 Å². The number of aromatic amines is 1. The Morgan fingerprint density at radius 1 is 1.47 bits per heavy atom. The van der Waals surface area contributed by atoms with Gasteiger partial charge in [0, 0.05) is 17.0 Å². The highest BCUT2D eigenvalue weighted by atomic mass is 19.1. The summed E-state index contributed by atoms with van der Waals surface area (Å²) in [6.45, 7) is 3.13. The second kappa shape index (κ2) is 6.39. The molecule has 0 bridgehead atoms. The number of hydrogen-bond donors (Lipinski definition) is 2. The van der Waals surface area contributed by atoms with Crippen molar-refractivity contribution in [3.63, 3.8) is 0 Å². The number of halogens is 1. The normalized spacial score (nSPS) is 10.8. The summed E-state index contributed by atoms with van der Waals surface area (Å²) >= 11 is 0. The molecule has 19 heavy (non-hydrogen) atoms. The average Bonchev–Trinajstić information content (AvgIpc) is 2.77. The fourth-order valence-corrected chi connectivity index (χ4v) is 1.43. The number of fused-ring (bicyclic) bond motifs is 1. The summed E-state index contributed by atoms with van der Waals surface area (Å²) < 4.78 is 13.6. The Morgan fingerprint density at radius 3 is 2.68 bits per heavy atom. The van der Waals surface area contributed by atoms with Crippen molar-refractivity contribution in [1.82, 2.24) is 10.2 Å². The molecule has 0 radical (unpaired) electrons. The third-order valence-electron chi connectivity index (χ3n) is 2.48. The van der Waals surface area contributed by atoms with E-state index in [1.54, 1.807) is 25.3 Å². The van der Waals surface area contributed by atoms with E-state index in [9.17, 15) is 9.18 Å². The first-order chi connectivity index (χ1) is 8.99. The van der Waals surface area contributed by atoms with Gasteiger partial charge in [-0.05, 0) is 31.6 Å². The highest BCUT2D eigenvalue weighted by Gasteiger charge is 2.05. The van der Waals surface area contributed by atoms with Crippen molar-refractivity contribution in [3.8, 4) is 0 Å². The van der Waals surface area contributed by atoms with Crippen molar-refractivity contribution in [1.29, 1.82) is 0 Å². The molecule has 0 fully saturated rings. The Hall–Kier alpha value is -2.57. The van der Waals surface area contributed by atoms with E-state index in [0.717, 1.165) is 5.39 Å². The topological polar surface area (TPSA) is 95.4 Å². The summed E-state index contributed by atoms with van der Waals surface area (Å²) in [6, 6.07) is 3.04. The first kappa shape index (κ1) is 14.5. The van der Waals surface area contributed by atoms with E-state index in [2.05, 4.69) is 10.2 Å². The zero-order valence-electron chi connectivity index (χ0n) is 10.3. The van der Waals surface area contributed by atoms with Crippen molar-refractivity contribution in [2.45, 2.75) is 13.8 Å². The molecule has 100 valence electrons. The standard InChI is InChI=1S/C12H11FN2O.HNO2/c1-7(8(2)16)3-9-4-10-6-14-15-12(10)5-11(9)13;2-1-3/h3-6H,1-2H3,(H,14,15);(H,2,3). The first-order valence-corrected chi connectivity index (χ1v) is 5.28. The van der Waals surface area contributed by atoms with Crippen LogP contribution in [0.4, 0.5) is 4.39 Å². The van der Waals surface area contributed by atoms with Crippen LogP contribution in [0, 0.1) is 10.7 Å². The number of benzene rings is 1. The lowest BCUT2D eigenvalue weighted by molar-refractivity contribution is -0.113. The summed E-state index contributed by atoms with van der Waals surface area (Å²) in [5.74, 6) is -0.427. The Kier molecular flexibility index (Phi) is 4.87. The third kappa shape index (κ3) is 3.70. The van der Waals surface area contributed by atoms with Gasteiger partial charge in [-0.15, -0.1) is 4.91 Å². The minimum Gasteiger partial charge on any atom is -0.379 e. The van der Waals surface area contributed by atoms with Gasteiger partial charge in [-0.25, -0.2) is 4.39 Å². The Bertz CT molecular complexity index is 634. The molecule has 0 aliphatic rings. The Labute approximate surface area is 107 Å². The molecule has 7 heteroatoms. The minimum atomic E-state index is -0.364. The van der Waals surface area contributed by atoms with Crippen LogP contribution in [0.15, 0.2) is 29.2 Å². The molecule has 0 aliphatic heterocycles. The monoisotopic (exact) mass is 265 g/mol. The molecule has 0 aliphatic carbocycles. The molecular weight excluding hydrogens is 253 g/mol.